The molecule has 1 N–H and O–H groups in total. The number of fused-ring (bicyclic) bond motifs is 6. The molecule has 0 unspecified atom stereocenters. The number of rotatable bonds is 4. The van der Waals surface area contributed by atoms with Crippen LogP contribution in [0.3, 0.4) is 0 Å². The van der Waals surface area contributed by atoms with E-state index in [-0.39, 0.29) is 11.7 Å². The minimum Gasteiger partial charge on any atom is -0.488 e. The van der Waals surface area contributed by atoms with E-state index in [1.165, 1.54) is 12.7 Å². The number of ether oxygens (including phenoxy) is 3. The molecule has 2 aliphatic rings. The third kappa shape index (κ3) is 3.66. The quantitative estimate of drug-likeness (QED) is 0.389. The van der Waals surface area contributed by atoms with Gasteiger partial charge in [0, 0.05) is 24.4 Å². The molecule has 1 atom stereocenters. The van der Waals surface area contributed by atoms with Gasteiger partial charge in [0.05, 0.1) is 41.5 Å². The van der Waals surface area contributed by atoms with Crippen molar-refractivity contribution in [2.24, 2.45) is 0 Å². The third-order valence-corrected chi connectivity index (χ3v) is 6.76. The summed E-state index contributed by atoms with van der Waals surface area (Å²) in [4.78, 5) is 15.3. The van der Waals surface area contributed by atoms with Gasteiger partial charge in [0.25, 0.3) is 0 Å². The average Bonchev–Trinajstić information content (AvgIpc) is 3.40. The molecule has 5 heterocycles. The van der Waals surface area contributed by atoms with Crippen molar-refractivity contribution in [2.45, 2.75) is 13.0 Å². The molecule has 0 aliphatic carbocycles. The SMILES string of the molecule is Cc1c(Oc2ccn3ncnc3c2)ccc(Nc2ncnc3ccc4c(c23)OC[C@H]2COCCN42)c1F. The van der Waals surface area contributed by atoms with Crippen LogP contribution in [0.25, 0.3) is 16.6 Å². The highest BCUT2D eigenvalue weighted by Crippen LogP contribution is 2.43. The maximum Gasteiger partial charge on any atom is 0.158 e. The number of aromatic nitrogens is 5. The summed E-state index contributed by atoms with van der Waals surface area (Å²) in [7, 11) is 0. The molecule has 3 aromatic heterocycles. The van der Waals surface area contributed by atoms with Crippen LogP contribution in [0.15, 0.2) is 55.2 Å². The Kier molecular flexibility index (Phi) is 5.03. The molecule has 2 aliphatic heterocycles. The van der Waals surface area contributed by atoms with Gasteiger partial charge >= 0.3 is 0 Å². The highest BCUT2D eigenvalue weighted by Gasteiger charge is 2.32. The summed E-state index contributed by atoms with van der Waals surface area (Å²) >= 11 is 0. The lowest BCUT2D eigenvalue weighted by atomic mass is 10.1. The predicted molar refractivity (Wildman–Crippen MR) is 134 cm³/mol. The second-order valence-corrected chi connectivity index (χ2v) is 8.97. The number of hydrogen-bond donors (Lipinski definition) is 1. The maximum absolute atomic E-state index is 15.5. The monoisotopic (exact) mass is 499 g/mol. The largest absolute Gasteiger partial charge is 0.488 e. The fourth-order valence-corrected chi connectivity index (χ4v) is 4.86. The van der Waals surface area contributed by atoms with Crippen molar-refractivity contribution in [1.82, 2.24) is 24.6 Å². The topological polar surface area (TPSA) is 98.9 Å². The fraction of sp³-hybridized carbons (Fsp3) is 0.231. The van der Waals surface area contributed by atoms with Crippen LogP contribution in [0.4, 0.5) is 21.6 Å². The first-order chi connectivity index (χ1) is 18.2. The molecule has 11 heteroatoms. The molecule has 10 nitrogen and oxygen atoms in total. The third-order valence-electron chi connectivity index (χ3n) is 6.76. The van der Waals surface area contributed by atoms with Crippen molar-refractivity contribution in [2.75, 3.05) is 36.6 Å². The first kappa shape index (κ1) is 21.7. The standard InChI is InChI=1S/C26H22FN7O3/c1-15-21(37-17-6-7-34-22(10-17)29-14-31-34)5-3-19(24(15)27)32-26-23-18(28-13-30-26)2-4-20-25(23)36-12-16-11-35-9-8-33(16)20/h2-7,10,13-14,16H,8-9,11-12H2,1H3,(H,28,30,32)/t16-/m1/s1. The van der Waals surface area contributed by atoms with E-state index in [9.17, 15) is 0 Å². The van der Waals surface area contributed by atoms with Gasteiger partial charge in [-0.2, -0.15) is 5.10 Å². The van der Waals surface area contributed by atoms with E-state index in [1.807, 2.05) is 12.1 Å². The van der Waals surface area contributed by atoms with Gasteiger partial charge in [0.15, 0.2) is 17.2 Å². The smallest absolute Gasteiger partial charge is 0.158 e. The number of anilines is 3. The lowest BCUT2D eigenvalue weighted by Gasteiger charge is -2.41. The van der Waals surface area contributed by atoms with E-state index >= 15 is 4.39 Å². The van der Waals surface area contributed by atoms with Crippen LogP contribution >= 0.6 is 0 Å². The van der Waals surface area contributed by atoms with Gasteiger partial charge in [0.2, 0.25) is 0 Å². The molecule has 1 saturated heterocycles. The molecule has 0 amide bonds. The van der Waals surface area contributed by atoms with Gasteiger partial charge in [-0.1, -0.05) is 0 Å². The Balaban J connectivity index is 1.23. The van der Waals surface area contributed by atoms with Crippen molar-refractivity contribution in [3.05, 3.63) is 66.6 Å². The molecule has 37 heavy (non-hydrogen) atoms. The molecule has 5 aromatic rings. The molecule has 186 valence electrons. The summed E-state index contributed by atoms with van der Waals surface area (Å²) in [6, 6.07) is 11.0. The minimum atomic E-state index is -0.438. The van der Waals surface area contributed by atoms with Crippen molar-refractivity contribution in [1.29, 1.82) is 0 Å². The van der Waals surface area contributed by atoms with Crippen molar-refractivity contribution in [3.8, 4) is 17.2 Å². The summed E-state index contributed by atoms with van der Waals surface area (Å²) < 4.78 is 34.9. The number of nitrogens with one attached hydrogen (secondary N) is 1. The molecule has 0 bridgehead atoms. The van der Waals surface area contributed by atoms with Gasteiger partial charge < -0.3 is 24.4 Å². The number of pyridine rings is 1. The predicted octanol–water partition coefficient (Wildman–Crippen LogP) is 4.25. The van der Waals surface area contributed by atoms with Crippen molar-refractivity contribution >= 4 is 33.7 Å². The second kappa shape index (κ2) is 8.56. The molecule has 2 aromatic carbocycles. The molecular weight excluding hydrogens is 477 g/mol. The summed E-state index contributed by atoms with van der Waals surface area (Å²) in [6.07, 6.45) is 4.66. The Morgan fingerprint density at radius 2 is 2.03 bits per heavy atom. The maximum atomic E-state index is 15.5. The van der Waals surface area contributed by atoms with Crippen LogP contribution in [0.5, 0.6) is 17.2 Å². The van der Waals surface area contributed by atoms with E-state index in [4.69, 9.17) is 14.2 Å². The Hall–Kier alpha value is -4.51. The van der Waals surface area contributed by atoms with Gasteiger partial charge in [-0.05, 0) is 37.3 Å². The van der Waals surface area contributed by atoms with E-state index < -0.39 is 5.82 Å². The van der Waals surface area contributed by atoms with Crippen LogP contribution in [-0.2, 0) is 4.74 Å². The van der Waals surface area contributed by atoms with Crippen LogP contribution in [-0.4, -0.2) is 57.0 Å². The first-order valence-corrected chi connectivity index (χ1v) is 11.9. The Bertz CT molecular complexity index is 1660. The minimum absolute atomic E-state index is 0.165. The molecule has 0 spiro atoms. The van der Waals surface area contributed by atoms with Crippen molar-refractivity contribution < 1.29 is 18.6 Å². The van der Waals surface area contributed by atoms with E-state index in [0.717, 1.165) is 12.2 Å². The van der Waals surface area contributed by atoms with Crippen molar-refractivity contribution in [3.63, 3.8) is 0 Å². The number of benzene rings is 2. The first-order valence-electron chi connectivity index (χ1n) is 11.9. The lowest BCUT2D eigenvalue weighted by molar-refractivity contribution is 0.0709. The van der Waals surface area contributed by atoms with E-state index in [1.54, 1.807) is 41.9 Å². The van der Waals surface area contributed by atoms with Crippen LogP contribution in [0.1, 0.15) is 5.56 Å². The highest BCUT2D eigenvalue weighted by atomic mass is 19.1. The molecule has 7 rings (SSSR count). The number of nitrogens with zero attached hydrogens (tertiary/aromatic N) is 6. The molecule has 0 saturated carbocycles. The molecule has 0 radical (unpaired) electrons. The van der Waals surface area contributed by atoms with E-state index in [0.29, 0.717) is 65.0 Å². The lowest BCUT2D eigenvalue weighted by Crippen LogP contribution is -2.51. The summed E-state index contributed by atoms with van der Waals surface area (Å²) in [6.45, 7) is 4.24. The zero-order valence-corrected chi connectivity index (χ0v) is 19.9. The van der Waals surface area contributed by atoms with Gasteiger partial charge in [-0.3, -0.25) is 0 Å². The van der Waals surface area contributed by atoms with Gasteiger partial charge in [0.1, 0.15) is 36.6 Å². The Morgan fingerprint density at radius 1 is 1.08 bits per heavy atom. The molecular formula is C26H22FN7O3. The van der Waals surface area contributed by atoms with Gasteiger partial charge in [-0.15, -0.1) is 0 Å². The summed E-state index contributed by atoms with van der Waals surface area (Å²) in [5, 5.41) is 7.95. The number of hydrogen-bond acceptors (Lipinski definition) is 9. The Morgan fingerprint density at radius 3 is 2.97 bits per heavy atom. The number of morpholine rings is 1. The average molecular weight is 500 g/mol. The van der Waals surface area contributed by atoms with Crippen LogP contribution in [0.2, 0.25) is 0 Å². The second-order valence-electron chi connectivity index (χ2n) is 8.97. The zero-order valence-electron chi connectivity index (χ0n) is 19.9. The van der Waals surface area contributed by atoms with Gasteiger partial charge in [-0.25, -0.2) is 23.9 Å². The zero-order chi connectivity index (χ0) is 24.9. The number of halogens is 1. The Labute approximate surface area is 210 Å². The van der Waals surface area contributed by atoms with E-state index in [2.05, 4.69) is 30.3 Å². The fourth-order valence-electron chi connectivity index (χ4n) is 4.86. The molecule has 1 fully saturated rings. The summed E-state index contributed by atoms with van der Waals surface area (Å²) in [5.74, 6) is 1.67. The van der Waals surface area contributed by atoms with Crippen LogP contribution in [0, 0.1) is 12.7 Å². The summed E-state index contributed by atoms with van der Waals surface area (Å²) in [5.41, 5.74) is 2.95. The van der Waals surface area contributed by atoms with Crippen LogP contribution < -0.4 is 19.7 Å². The normalized spacial score (nSPS) is 16.8. The highest BCUT2D eigenvalue weighted by molar-refractivity contribution is 6.00.